The molecular weight excluding hydrogens is 276 g/mol. The number of hydrogen-bond acceptors (Lipinski definition) is 3. The molecule has 0 aliphatic heterocycles. The summed E-state index contributed by atoms with van der Waals surface area (Å²) in [7, 11) is 1.51. The molecule has 0 spiro atoms. The molecule has 2 aromatic carbocycles. The molecule has 3 nitrogen and oxygen atoms in total. The first-order valence-electron chi connectivity index (χ1n) is 6.93. The summed E-state index contributed by atoms with van der Waals surface area (Å²) in [6.07, 6.45) is 5.17. The van der Waals surface area contributed by atoms with Crippen LogP contribution in [-0.2, 0) is 0 Å². The van der Waals surface area contributed by atoms with Gasteiger partial charge in [0.05, 0.1) is 12.7 Å². The van der Waals surface area contributed by atoms with Gasteiger partial charge in [0.1, 0.15) is 11.5 Å². The van der Waals surface area contributed by atoms with Crippen molar-refractivity contribution >= 4 is 11.9 Å². The number of hydrogen-bond donors (Lipinski definition) is 1. The molecule has 0 saturated carbocycles. The minimum absolute atomic E-state index is 0.0845. The maximum absolute atomic E-state index is 12.1. The second-order valence-corrected chi connectivity index (χ2v) is 4.88. The van der Waals surface area contributed by atoms with Crippen LogP contribution in [0.4, 0.5) is 0 Å². The lowest BCUT2D eigenvalue weighted by Gasteiger charge is -2.03. The SMILES string of the molecule is COc1ccc(C(=O)/C=C/C(C)=C\c2ccccc2)c(O)c1. The molecule has 1 N–H and O–H groups in total. The Morgan fingerprint density at radius 1 is 1.09 bits per heavy atom. The molecule has 0 aliphatic rings. The first-order valence-corrected chi connectivity index (χ1v) is 6.93. The molecule has 2 aromatic rings. The number of aromatic hydroxyl groups is 1. The van der Waals surface area contributed by atoms with Gasteiger partial charge in [-0.15, -0.1) is 0 Å². The van der Waals surface area contributed by atoms with Crippen molar-refractivity contribution in [3.63, 3.8) is 0 Å². The topological polar surface area (TPSA) is 46.5 Å². The van der Waals surface area contributed by atoms with Crippen LogP contribution in [0.1, 0.15) is 22.8 Å². The van der Waals surface area contributed by atoms with Crippen LogP contribution < -0.4 is 4.74 Å². The maximum atomic E-state index is 12.1. The Labute approximate surface area is 130 Å². The van der Waals surface area contributed by atoms with E-state index in [0.29, 0.717) is 5.75 Å². The molecular formula is C19H18O3. The van der Waals surface area contributed by atoms with Gasteiger partial charge in [0.25, 0.3) is 0 Å². The highest BCUT2D eigenvalue weighted by Crippen LogP contribution is 2.24. The lowest BCUT2D eigenvalue weighted by atomic mass is 10.1. The third-order valence-electron chi connectivity index (χ3n) is 3.16. The number of rotatable bonds is 5. The molecule has 0 fully saturated rings. The van der Waals surface area contributed by atoms with Crippen LogP contribution in [0.15, 0.2) is 66.3 Å². The van der Waals surface area contributed by atoms with Gasteiger partial charge in [0, 0.05) is 6.07 Å². The molecule has 3 heteroatoms. The number of carbonyl (C=O) groups is 1. The van der Waals surface area contributed by atoms with Crippen LogP contribution in [0.2, 0.25) is 0 Å². The van der Waals surface area contributed by atoms with E-state index in [1.807, 2.05) is 43.3 Å². The van der Waals surface area contributed by atoms with Crippen molar-refractivity contribution in [2.24, 2.45) is 0 Å². The van der Waals surface area contributed by atoms with Crippen LogP contribution in [0.25, 0.3) is 6.08 Å². The van der Waals surface area contributed by atoms with Crippen LogP contribution >= 0.6 is 0 Å². The number of benzene rings is 2. The molecule has 0 bridgehead atoms. The fourth-order valence-electron chi connectivity index (χ4n) is 2.00. The Balaban J connectivity index is 2.13. The van der Waals surface area contributed by atoms with Gasteiger partial charge >= 0.3 is 0 Å². The van der Waals surface area contributed by atoms with Crippen molar-refractivity contribution < 1.29 is 14.6 Å². The lowest BCUT2D eigenvalue weighted by Crippen LogP contribution is -1.95. The third kappa shape index (κ3) is 4.09. The Bertz CT molecular complexity index is 713. The number of phenols is 1. The maximum Gasteiger partial charge on any atom is 0.189 e. The van der Waals surface area contributed by atoms with Crippen LogP contribution in [-0.4, -0.2) is 18.0 Å². The van der Waals surface area contributed by atoms with Crippen molar-refractivity contribution in [1.82, 2.24) is 0 Å². The summed E-state index contributed by atoms with van der Waals surface area (Å²) < 4.78 is 5.00. The van der Waals surface area contributed by atoms with Crippen molar-refractivity contribution in [2.75, 3.05) is 7.11 Å². The minimum Gasteiger partial charge on any atom is -0.507 e. The van der Waals surface area contributed by atoms with Gasteiger partial charge in [-0.2, -0.15) is 0 Å². The van der Waals surface area contributed by atoms with E-state index in [0.717, 1.165) is 11.1 Å². The van der Waals surface area contributed by atoms with Crippen LogP contribution in [0.5, 0.6) is 11.5 Å². The van der Waals surface area contributed by atoms with E-state index in [1.54, 1.807) is 18.2 Å². The molecule has 0 aliphatic carbocycles. The molecule has 22 heavy (non-hydrogen) atoms. The number of ether oxygens (including phenoxy) is 1. The van der Waals surface area contributed by atoms with Gasteiger partial charge < -0.3 is 9.84 Å². The predicted molar refractivity (Wildman–Crippen MR) is 88.2 cm³/mol. The Hall–Kier alpha value is -2.81. The summed E-state index contributed by atoms with van der Waals surface area (Å²) in [4.78, 5) is 12.1. The van der Waals surface area contributed by atoms with Gasteiger partial charge in [0.2, 0.25) is 0 Å². The zero-order valence-electron chi connectivity index (χ0n) is 12.6. The first kappa shape index (κ1) is 15.6. The summed E-state index contributed by atoms with van der Waals surface area (Å²) in [6, 6.07) is 14.5. The van der Waals surface area contributed by atoms with Gasteiger partial charge in [0.15, 0.2) is 5.78 Å². The van der Waals surface area contributed by atoms with E-state index >= 15 is 0 Å². The fraction of sp³-hybridized carbons (Fsp3) is 0.105. The van der Waals surface area contributed by atoms with E-state index in [-0.39, 0.29) is 17.1 Å². The number of methoxy groups -OCH3 is 1. The normalized spacial score (nSPS) is 11.6. The standard InChI is InChI=1S/C19H18O3/c1-14(12-15-6-4-3-5-7-15)8-11-18(20)17-10-9-16(22-2)13-19(17)21/h3-13,21H,1-2H3/b11-8+,14-12-. The molecule has 0 amide bonds. The number of phenolic OH excluding ortho intramolecular Hbond substituents is 1. The van der Waals surface area contributed by atoms with Crippen molar-refractivity contribution in [2.45, 2.75) is 6.92 Å². The molecule has 112 valence electrons. The molecule has 0 saturated heterocycles. The summed E-state index contributed by atoms with van der Waals surface area (Å²) in [5, 5.41) is 9.84. The van der Waals surface area contributed by atoms with Crippen LogP contribution in [0.3, 0.4) is 0 Å². The average molecular weight is 294 g/mol. The number of allylic oxidation sites excluding steroid dienone is 3. The van der Waals surface area contributed by atoms with Crippen LogP contribution in [0, 0.1) is 0 Å². The second kappa shape index (κ2) is 7.27. The monoisotopic (exact) mass is 294 g/mol. The largest absolute Gasteiger partial charge is 0.507 e. The molecule has 2 rings (SSSR count). The summed E-state index contributed by atoms with van der Waals surface area (Å²) >= 11 is 0. The fourth-order valence-corrected chi connectivity index (χ4v) is 2.00. The number of carbonyl (C=O) groups excluding carboxylic acids is 1. The second-order valence-electron chi connectivity index (χ2n) is 4.88. The molecule has 0 unspecified atom stereocenters. The van der Waals surface area contributed by atoms with Crippen molar-refractivity contribution in [3.8, 4) is 11.5 Å². The Kier molecular flexibility index (Phi) is 5.15. The number of ketones is 1. The Morgan fingerprint density at radius 2 is 1.82 bits per heavy atom. The van der Waals surface area contributed by atoms with Crippen molar-refractivity contribution in [1.29, 1.82) is 0 Å². The highest BCUT2D eigenvalue weighted by Gasteiger charge is 2.09. The summed E-state index contributed by atoms with van der Waals surface area (Å²) in [5.74, 6) is 0.179. The molecule has 0 atom stereocenters. The predicted octanol–water partition coefficient (Wildman–Crippen LogP) is 4.24. The molecule has 0 heterocycles. The highest BCUT2D eigenvalue weighted by atomic mass is 16.5. The molecule has 0 aromatic heterocycles. The highest BCUT2D eigenvalue weighted by molar-refractivity contribution is 6.06. The average Bonchev–Trinajstić information content (AvgIpc) is 2.53. The van der Waals surface area contributed by atoms with E-state index < -0.39 is 0 Å². The van der Waals surface area contributed by atoms with E-state index in [1.165, 1.54) is 19.3 Å². The Morgan fingerprint density at radius 3 is 2.45 bits per heavy atom. The first-order chi connectivity index (χ1) is 10.6. The zero-order valence-corrected chi connectivity index (χ0v) is 12.6. The smallest absolute Gasteiger partial charge is 0.189 e. The minimum atomic E-state index is -0.249. The van der Waals surface area contributed by atoms with Gasteiger partial charge in [-0.3, -0.25) is 4.79 Å². The van der Waals surface area contributed by atoms with E-state index in [9.17, 15) is 9.90 Å². The van der Waals surface area contributed by atoms with Gasteiger partial charge in [-0.05, 0) is 30.7 Å². The quantitative estimate of drug-likeness (QED) is 0.509. The van der Waals surface area contributed by atoms with Crippen molar-refractivity contribution in [3.05, 3.63) is 77.4 Å². The van der Waals surface area contributed by atoms with Gasteiger partial charge in [-0.25, -0.2) is 0 Å². The lowest BCUT2D eigenvalue weighted by molar-refractivity contribution is 0.104. The summed E-state index contributed by atoms with van der Waals surface area (Å²) in [6.45, 7) is 1.92. The summed E-state index contributed by atoms with van der Waals surface area (Å²) in [5.41, 5.74) is 2.28. The zero-order chi connectivity index (χ0) is 15.9. The third-order valence-corrected chi connectivity index (χ3v) is 3.16. The molecule has 0 radical (unpaired) electrons. The van der Waals surface area contributed by atoms with Gasteiger partial charge in [-0.1, -0.05) is 48.1 Å². The van der Waals surface area contributed by atoms with E-state index in [2.05, 4.69) is 0 Å². The van der Waals surface area contributed by atoms with E-state index in [4.69, 9.17) is 4.74 Å².